The molecule has 0 aliphatic carbocycles. The predicted molar refractivity (Wildman–Crippen MR) is 104 cm³/mol. The Labute approximate surface area is 153 Å². The van der Waals surface area contributed by atoms with Gasteiger partial charge in [0.05, 0.1) is 5.69 Å². The molecule has 2 aromatic heterocycles. The number of aliphatic imine (C=N–C) groups is 1. The second-order valence-corrected chi connectivity index (χ2v) is 7.52. The Morgan fingerprint density at radius 2 is 2.20 bits per heavy atom. The lowest BCUT2D eigenvalue weighted by Gasteiger charge is -2.27. The van der Waals surface area contributed by atoms with E-state index in [1.807, 2.05) is 30.1 Å². The molecule has 25 heavy (non-hydrogen) atoms. The summed E-state index contributed by atoms with van der Waals surface area (Å²) in [5.41, 5.74) is 5.01. The molecule has 1 aliphatic rings. The minimum atomic E-state index is 0.743. The molecule has 6 nitrogen and oxygen atoms in total. The SMILES string of the molecule is CN=C(NCCN1CCc2sccc2C1)NCc1c(C)nn(C)c1C. The molecule has 0 aromatic carbocycles. The van der Waals surface area contributed by atoms with Gasteiger partial charge >= 0.3 is 0 Å². The van der Waals surface area contributed by atoms with Crippen molar-refractivity contribution in [2.75, 3.05) is 26.7 Å². The van der Waals surface area contributed by atoms with Gasteiger partial charge in [-0.05, 0) is 37.3 Å². The minimum absolute atomic E-state index is 0.743. The third kappa shape index (κ3) is 4.22. The number of hydrogen-bond acceptors (Lipinski definition) is 4. The second kappa shape index (κ2) is 8.01. The van der Waals surface area contributed by atoms with Crippen molar-refractivity contribution >= 4 is 17.3 Å². The van der Waals surface area contributed by atoms with E-state index in [1.54, 1.807) is 4.88 Å². The van der Waals surface area contributed by atoms with Gasteiger partial charge in [-0.1, -0.05) is 0 Å². The van der Waals surface area contributed by atoms with Crippen molar-refractivity contribution in [3.63, 3.8) is 0 Å². The molecule has 0 bridgehead atoms. The normalized spacial score (nSPS) is 15.3. The summed E-state index contributed by atoms with van der Waals surface area (Å²) in [6.45, 7) is 9.03. The van der Waals surface area contributed by atoms with Crippen LogP contribution in [0.1, 0.15) is 27.4 Å². The lowest BCUT2D eigenvalue weighted by molar-refractivity contribution is 0.260. The zero-order valence-electron chi connectivity index (χ0n) is 15.6. The second-order valence-electron chi connectivity index (χ2n) is 6.52. The maximum absolute atomic E-state index is 4.46. The fourth-order valence-electron chi connectivity index (χ4n) is 3.30. The number of hydrogen-bond donors (Lipinski definition) is 2. The van der Waals surface area contributed by atoms with Gasteiger partial charge in [0, 0.05) is 63.0 Å². The molecule has 1 aliphatic heterocycles. The number of nitrogens with zero attached hydrogens (tertiary/aromatic N) is 4. The highest BCUT2D eigenvalue weighted by molar-refractivity contribution is 7.10. The average molecular weight is 361 g/mol. The maximum atomic E-state index is 4.46. The Balaban J connectivity index is 1.44. The van der Waals surface area contributed by atoms with Crippen LogP contribution in [-0.4, -0.2) is 47.3 Å². The highest BCUT2D eigenvalue weighted by Crippen LogP contribution is 2.23. The van der Waals surface area contributed by atoms with Gasteiger partial charge in [0.2, 0.25) is 0 Å². The Morgan fingerprint density at radius 1 is 1.36 bits per heavy atom. The van der Waals surface area contributed by atoms with Crippen molar-refractivity contribution in [3.05, 3.63) is 38.8 Å². The summed E-state index contributed by atoms with van der Waals surface area (Å²) in [6, 6.07) is 2.26. The standard InChI is InChI=1S/C18H28N6S/c1-13-16(14(2)23(4)22-13)11-21-18(19-3)20-7-9-24-8-5-17-15(12-24)6-10-25-17/h6,10H,5,7-9,11-12H2,1-4H3,(H2,19,20,21). The molecule has 3 heterocycles. The van der Waals surface area contributed by atoms with Crippen LogP contribution < -0.4 is 10.6 Å². The van der Waals surface area contributed by atoms with Crippen LogP contribution in [0.25, 0.3) is 0 Å². The molecule has 0 saturated carbocycles. The first kappa shape index (κ1) is 17.9. The molecule has 0 saturated heterocycles. The first-order valence-corrected chi connectivity index (χ1v) is 9.67. The smallest absolute Gasteiger partial charge is 0.191 e. The van der Waals surface area contributed by atoms with Crippen LogP contribution in [0.15, 0.2) is 16.4 Å². The lowest BCUT2D eigenvalue weighted by atomic mass is 10.1. The molecule has 0 unspecified atom stereocenters. The van der Waals surface area contributed by atoms with E-state index in [-0.39, 0.29) is 0 Å². The van der Waals surface area contributed by atoms with Gasteiger partial charge in [-0.15, -0.1) is 11.3 Å². The van der Waals surface area contributed by atoms with Gasteiger partial charge in [0.15, 0.2) is 5.96 Å². The summed E-state index contributed by atoms with van der Waals surface area (Å²) >= 11 is 1.89. The van der Waals surface area contributed by atoms with Crippen LogP contribution >= 0.6 is 11.3 Å². The molecule has 0 radical (unpaired) electrons. The Bertz CT molecular complexity index is 745. The van der Waals surface area contributed by atoms with Crippen LogP contribution in [0.3, 0.4) is 0 Å². The zero-order chi connectivity index (χ0) is 17.8. The van der Waals surface area contributed by atoms with E-state index in [0.717, 1.165) is 44.4 Å². The Kier molecular flexibility index (Phi) is 5.75. The fourth-order valence-corrected chi connectivity index (χ4v) is 4.19. The molecular formula is C18H28N6S. The molecule has 0 amide bonds. The van der Waals surface area contributed by atoms with Crippen molar-refractivity contribution < 1.29 is 0 Å². The van der Waals surface area contributed by atoms with Gasteiger partial charge in [0.1, 0.15) is 0 Å². The maximum Gasteiger partial charge on any atom is 0.191 e. The van der Waals surface area contributed by atoms with Crippen molar-refractivity contribution in [2.24, 2.45) is 12.0 Å². The van der Waals surface area contributed by atoms with Crippen molar-refractivity contribution in [3.8, 4) is 0 Å². The highest BCUT2D eigenvalue weighted by atomic mass is 32.1. The van der Waals surface area contributed by atoms with E-state index in [9.17, 15) is 0 Å². The fraction of sp³-hybridized carbons (Fsp3) is 0.556. The molecule has 0 fully saturated rings. The number of rotatable bonds is 5. The Hall–Kier alpha value is -1.86. The van der Waals surface area contributed by atoms with Crippen molar-refractivity contribution in [1.82, 2.24) is 25.3 Å². The summed E-state index contributed by atoms with van der Waals surface area (Å²) < 4.78 is 1.93. The molecule has 136 valence electrons. The Morgan fingerprint density at radius 3 is 2.92 bits per heavy atom. The van der Waals surface area contributed by atoms with Gasteiger partial charge in [-0.25, -0.2) is 0 Å². The number of guanidine groups is 1. The van der Waals surface area contributed by atoms with E-state index < -0.39 is 0 Å². The topological polar surface area (TPSA) is 57.5 Å². The number of aryl methyl sites for hydroxylation is 2. The molecule has 7 heteroatoms. The average Bonchev–Trinajstić information content (AvgIpc) is 3.16. The number of fused-ring (bicyclic) bond motifs is 1. The number of thiophene rings is 1. The van der Waals surface area contributed by atoms with Crippen LogP contribution in [-0.2, 0) is 26.6 Å². The summed E-state index contributed by atoms with van der Waals surface area (Å²) in [4.78, 5) is 8.39. The number of aromatic nitrogens is 2. The molecule has 0 spiro atoms. The van der Waals surface area contributed by atoms with E-state index in [4.69, 9.17) is 0 Å². The van der Waals surface area contributed by atoms with Crippen LogP contribution in [0.4, 0.5) is 0 Å². The quantitative estimate of drug-likeness (QED) is 0.631. The monoisotopic (exact) mass is 360 g/mol. The van der Waals surface area contributed by atoms with Crippen LogP contribution in [0.5, 0.6) is 0 Å². The van der Waals surface area contributed by atoms with Gasteiger partial charge in [0.25, 0.3) is 0 Å². The highest BCUT2D eigenvalue weighted by Gasteiger charge is 2.16. The van der Waals surface area contributed by atoms with Crippen LogP contribution in [0, 0.1) is 13.8 Å². The largest absolute Gasteiger partial charge is 0.355 e. The van der Waals surface area contributed by atoms with Gasteiger partial charge in [-0.3, -0.25) is 14.6 Å². The third-order valence-corrected chi connectivity index (χ3v) is 5.95. The molecule has 3 rings (SSSR count). The number of nitrogens with one attached hydrogen (secondary N) is 2. The zero-order valence-corrected chi connectivity index (χ0v) is 16.4. The first-order chi connectivity index (χ1) is 12.1. The van der Waals surface area contributed by atoms with E-state index in [0.29, 0.717) is 0 Å². The summed E-state index contributed by atoms with van der Waals surface area (Å²) in [5, 5.41) is 13.5. The summed E-state index contributed by atoms with van der Waals surface area (Å²) in [7, 11) is 3.80. The lowest BCUT2D eigenvalue weighted by Crippen LogP contribution is -2.42. The molecular weight excluding hydrogens is 332 g/mol. The van der Waals surface area contributed by atoms with Gasteiger partial charge < -0.3 is 10.6 Å². The predicted octanol–water partition coefficient (Wildman–Crippen LogP) is 1.82. The van der Waals surface area contributed by atoms with E-state index in [1.165, 1.54) is 23.2 Å². The molecule has 2 aromatic rings. The van der Waals surface area contributed by atoms with Gasteiger partial charge in [-0.2, -0.15) is 5.10 Å². The first-order valence-electron chi connectivity index (χ1n) is 8.79. The van der Waals surface area contributed by atoms with Crippen molar-refractivity contribution in [1.29, 1.82) is 0 Å². The van der Waals surface area contributed by atoms with E-state index >= 15 is 0 Å². The summed E-state index contributed by atoms with van der Waals surface area (Å²) in [5.74, 6) is 0.843. The van der Waals surface area contributed by atoms with Crippen LogP contribution in [0.2, 0.25) is 0 Å². The molecule has 0 atom stereocenters. The third-order valence-electron chi connectivity index (χ3n) is 4.92. The summed E-state index contributed by atoms with van der Waals surface area (Å²) in [6.07, 6.45) is 1.18. The van der Waals surface area contributed by atoms with E-state index in [2.05, 4.69) is 50.9 Å². The van der Waals surface area contributed by atoms with Crippen molar-refractivity contribution in [2.45, 2.75) is 33.4 Å². The minimum Gasteiger partial charge on any atom is -0.355 e. The molecule has 2 N–H and O–H groups in total.